The summed E-state index contributed by atoms with van der Waals surface area (Å²) in [6.07, 6.45) is 3.35. The van der Waals surface area contributed by atoms with Crippen molar-refractivity contribution in [3.8, 4) is 0 Å². The molecule has 0 aliphatic heterocycles. The highest BCUT2D eigenvalue weighted by atomic mass is 32.1. The Morgan fingerprint density at radius 1 is 1.59 bits per heavy atom. The summed E-state index contributed by atoms with van der Waals surface area (Å²) in [5.74, 6) is 0.111. The molecular weight excluding hydrogens is 234 g/mol. The van der Waals surface area contributed by atoms with E-state index >= 15 is 0 Å². The fourth-order valence-corrected chi connectivity index (χ4v) is 1.54. The molecule has 17 heavy (non-hydrogen) atoms. The Labute approximate surface area is 105 Å². The quantitative estimate of drug-likeness (QED) is 0.660. The Kier molecular flexibility index (Phi) is 5.03. The first-order valence-corrected chi connectivity index (χ1v) is 6.35. The van der Waals surface area contributed by atoms with Gasteiger partial charge in [0.05, 0.1) is 0 Å². The van der Waals surface area contributed by atoms with Gasteiger partial charge in [-0.3, -0.25) is 15.1 Å². The van der Waals surface area contributed by atoms with Crippen molar-refractivity contribution in [2.24, 2.45) is 10.9 Å². The Bertz CT molecular complexity index is 433. The van der Waals surface area contributed by atoms with Crippen LogP contribution in [0.25, 0.3) is 0 Å². The van der Waals surface area contributed by atoms with Crippen LogP contribution < -0.4 is 5.32 Å². The van der Waals surface area contributed by atoms with Crippen molar-refractivity contribution >= 4 is 28.1 Å². The lowest BCUT2D eigenvalue weighted by Crippen LogP contribution is -2.15. The topological polar surface area (TPSA) is 54.4 Å². The first-order chi connectivity index (χ1) is 8.04. The summed E-state index contributed by atoms with van der Waals surface area (Å²) < 4.78 is 0. The third-order valence-corrected chi connectivity index (χ3v) is 2.98. The number of amides is 1. The number of rotatable bonds is 4. The normalized spacial score (nSPS) is 13.0. The molecule has 0 saturated carbocycles. The van der Waals surface area contributed by atoms with E-state index in [9.17, 15) is 4.79 Å². The van der Waals surface area contributed by atoms with Crippen molar-refractivity contribution in [1.82, 2.24) is 4.98 Å². The number of carbonyl (C=O) groups is 1. The fourth-order valence-electron chi connectivity index (χ4n) is 1.01. The van der Waals surface area contributed by atoms with Gasteiger partial charge in [-0.2, -0.15) is 0 Å². The molecule has 0 aliphatic carbocycles. The molecule has 0 unspecified atom stereocenters. The molecule has 0 fully saturated rings. The largest absolute Gasteiger partial charge is 0.297 e. The van der Waals surface area contributed by atoms with E-state index in [-0.39, 0.29) is 5.91 Å². The maximum absolute atomic E-state index is 11.9. The SMILES string of the molecule is C/C=C(\N=C(C)C(C)C)C(=O)Nc1nccs1. The van der Waals surface area contributed by atoms with Crippen LogP contribution in [0.2, 0.25) is 0 Å². The van der Waals surface area contributed by atoms with E-state index in [0.717, 1.165) is 5.71 Å². The smallest absolute Gasteiger partial charge is 0.275 e. The second-order valence-electron chi connectivity index (χ2n) is 3.87. The summed E-state index contributed by atoms with van der Waals surface area (Å²) in [7, 11) is 0. The molecule has 1 rings (SSSR count). The van der Waals surface area contributed by atoms with Gasteiger partial charge in [0.25, 0.3) is 5.91 Å². The lowest BCUT2D eigenvalue weighted by molar-refractivity contribution is -0.112. The van der Waals surface area contributed by atoms with Crippen molar-refractivity contribution < 1.29 is 4.79 Å². The standard InChI is InChI=1S/C12H17N3OS/c1-5-10(14-9(4)8(2)3)11(16)15-12-13-6-7-17-12/h5-8H,1-4H3,(H,13,15,16)/b10-5-,14-9?. The van der Waals surface area contributed by atoms with Crippen molar-refractivity contribution in [3.63, 3.8) is 0 Å². The molecule has 1 aromatic heterocycles. The van der Waals surface area contributed by atoms with Crippen molar-refractivity contribution in [1.29, 1.82) is 0 Å². The Balaban J connectivity index is 2.76. The number of nitrogens with one attached hydrogen (secondary N) is 1. The van der Waals surface area contributed by atoms with Gasteiger partial charge in [0.15, 0.2) is 5.13 Å². The van der Waals surface area contributed by atoms with Crippen molar-refractivity contribution in [2.45, 2.75) is 27.7 Å². The molecule has 0 spiro atoms. The van der Waals surface area contributed by atoms with E-state index in [1.165, 1.54) is 11.3 Å². The van der Waals surface area contributed by atoms with Gasteiger partial charge < -0.3 is 0 Å². The zero-order valence-corrected chi connectivity index (χ0v) is 11.3. The van der Waals surface area contributed by atoms with E-state index in [4.69, 9.17) is 0 Å². The van der Waals surface area contributed by atoms with Crippen molar-refractivity contribution in [3.05, 3.63) is 23.3 Å². The molecule has 0 aromatic carbocycles. The number of nitrogens with zero attached hydrogens (tertiary/aromatic N) is 2. The number of anilines is 1. The second kappa shape index (κ2) is 6.30. The second-order valence-corrected chi connectivity index (χ2v) is 4.77. The summed E-state index contributed by atoms with van der Waals surface area (Å²) in [6.45, 7) is 7.81. The van der Waals surface area contributed by atoms with Crippen LogP contribution in [0.15, 0.2) is 28.3 Å². The highest BCUT2D eigenvalue weighted by Crippen LogP contribution is 2.12. The van der Waals surface area contributed by atoms with E-state index < -0.39 is 0 Å². The van der Waals surface area contributed by atoms with Crippen LogP contribution in [0.4, 0.5) is 5.13 Å². The van der Waals surface area contributed by atoms with Gasteiger partial charge in [0, 0.05) is 17.3 Å². The van der Waals surface area contributed by atoms with Crippen LogP contribution in [0.5, 0.6) is 0 Å². The first-order valence-electron chi connectivity index (χ1n) is 5.47. The average Bonchev–Trinajstić information content (AvgIpc) is 2.77. The summed E-state index contributed by atoms with van der Waals surface area (Å²) in [5, 5.41) is 5.11. The summed E-state index contributed by atoms with van der Waals surface area (Å²) in [6, 6.07) is 0. The van der Waals surface area contributed by atoms with E-state index in [0.29, 0.717) is 16.7 Å². The zero-order valence-electron chi connectivity index (χ0n) is 10.5. The van der Waals surface area contributed by atoms with Gasteiger partial charge in [-0.05, 0) is 19.8 Å². The maximum Gasteiger partial charge on any atom is 0.275 e. The number of thiazole rings is 1. The molecule has 1 amide bonds. The van der Waals surface area contributed by atoms with Crippen LogP contribution in [0.3, 0.4) is 0 Å². The molecular formula is C12H17N3OS. The summed E-state index contributed by atoms with van der Waals surface area (Å²) >= 11 is 1.39. The maximum atomic E-state index is 11.9. The van der Waals surface area contributed by atoms with Gasteiger partial charge in [-0.1, -0.05) is 19.9 Å². The molecule has 0 atom stereocenters. The number of aromatic nitrogens is 1. The number of carbonyl (C=O) groups excluding carboxylic acids is 1. The molecule has 1 heterocycles. The number of allylic oxidation sites excluding steroid dienone is 1. The van der Waals surface area contributed by atoms with Crippen LogP contribution in [-0.4, -0.2) is 16.6 Å². The molecule has 5 heteroatoms. The Hall–Kier alpha value is -1.49. The molecule has 4 nitrogen and oxygen atoms in total. The van der Waals surface area contributed by atoms with E-state index in [2.05, 4.69) is 15.3 Å². The minimum Gasteiger partial charge on any atom is -0.297 e. The Morgan fingerprint density at radius 2 is 2.29 bits per heavy atom. The minimum atomic E-state index is -0.220. The highest BCUT2D eigenvalue weighted by Gasteiger charge is 2.10. The molecule has 0 saturated heterocycles. The van der Waals surface area contributed by atoms with Gasteiger partial charge in [0.2, 0.25) is 0 Å². The van der Waals surface area contributed by atoms with E-state index in [1.807, 2.05) is 26.2 Å². The minimum absolute atomic E-state index is 0.220. The molecule has 92 valence electrons. The summed E-state index contributed by atoms with van der Waals surface area (Å²) in [5.41, 5.74) is 1.36. The lowest BCUT2D eigenvalue weighted by Gasteiger charge is -2.06. The van der Waals surface area contributed by atoms with Gasteiger partial charge in [-0.15, -0.1) is 11.3 Å². The van der Waals surface area contributed by atoms with Gasteiger partial charge >= 0.3 is 0 Å². The molecule has 0 aliphatic rings. The Morgan fingerprint density at radius 3 is 2.76 bits per heavy atom. The lowest BCUT2D eigenvalue weighted by atomic mass is 10.1. The van der Waals surface area contributed by atoms with Crippen molar-refractivity contribution in [2.75, 3.05) is 5.32 Å². The van der Waals surface area contributed by atoms with Gasteiger partial charge in [0.1, 0.15) is 5.70 Å². The predicted molar refractivity (Wildman–Crippen MR) is 72.4 cm³/mol. The van der Waals surface area contributed by atoms with Crippen LogP contribution in [0, 0.1) is 5.92 Å². The molecule has 1 N–H and O–H groups in total. The predicted octanol–water partition coefficient (Wildman–Crippen LogP) is 3.10. The third-order valence-electron chi connectivity index (χ3n) is 2.29. The van der Waals surface area contributed by atoms with Crippen LogP contribution >= 0.6 is 11.3 Å². The molecule has 0 bridgehead atoms. The van der Waals surface area contributed by atoms with E-state index in [1.54, 1.807) is 19.2 Å². The monoisotopic (exact) mass is 251 g/mol. The van der Waals surface area contributed by atoms with Gasteiger partial charge in [-0.25, -0.2) is 4.98 Å². The zero-order chi connectivity index (χ0) is 12.8. The fraction of sp³-hybridized carbons (Fsp3) is 0.417. The average molecular weight is 251 g/mol. The third kappa shape index (κ3) is 4.11. The summed E-state index contributed by atoms with van der Waals surface area (Å²) in [4.78, 5) is 20.2. The number of hydrogen-bond acceptors (Lipinski definition) is 4. The van der Waals surface area contributed by atoms with Crippen LogP contribution in [0.1, 0.15) is 27.7 Å². The number of hydrogen-bond donors (Lipinski definition) is 1. The first kappa shape index (κ1) is 13.6. The van der Waals surface area contributed by atoms with Crippen LogP contribution in [-0.2, 0) is 4.79 Å². The highest BCUT2D eigenvalue weighted by molar-refractivity contribution is 7.13. The molecule has 1 aromatic rings. The molecule has 0 radical (unpaired) electrons. The number of aliphatic imine (C=N–C) groups is 1.